The summed E-state index contributed by atoms with van der Waals surface area (Å²) >= 11 is 5.87. The molecule has 1 atom stereocenters. The summed E-state index contributed by atoms with van der Waals surface area (Å²) in [4.78, 5) is 49.7. The van der Waals surface area contributed by atoms with E-state index in [1.165, 1.54) is 12.1 Å². The summed E-state index contributed by atoms with van der Waals surface area (Å²) in [5, 5.41) is 5.49. The third-order valence-corrected chi connectivity index (χ3v) is 4.89. The molecule has 2 aromatic carbocycles. The number of hydrogen-bond acceptors (Lipinski definition) is 4. The van der Waals surface area contributed by atoms with Crippen LogP contribution >= 0.6 is 11.6 Å². The van der Waals surface area contributed by atoms with Gasteiger partial charge in [-0.2, -0.15) is 0 Å². The molecular formula is C19H14ClN3O4. The van der Waals surface area contributed by atoms with E-state index in [2.05, 4.69) is 10.6 Å². The third-order valence-electron chi connectivity index (χ3n) is 4.64. The molecule has 0 radical (unpaired) electrons. The maximum absolute atomic E-state index is 12.6. The summed E-state index contributed by atoms with van der Waals surface area (Å²) in [6, 6.07) is 11.4. The van der Waals surface area contributed by atoms with Crippen LogP contribution in [-0.4, -0.2) is 30.2 Å². The van der Waals surface area contributed by atoms with Gasteiger partial charge >= 0.3 is 0 Å². The highest BCUT2D eigenvalue weighted by molar-refractivity contribution is 6.30. The lowest BCUT2D eigenvalue weighted by Crippen LogP contribution is -2.28. The quantitative estimate of drug-likeness (QED) is 0.794. The van der Waals surface area contributed by atoms with E-state index in [-0.39, 0.29) is 35.9 Å². The van der Waals surface area contributed by atoms with Crippen molar-refractivity contribution in [3.05, 3.63) is 58.6 Å². The van der Waals surface area contributed by atoms with E-state index in [4.69, 9.17) is 11.6 Å². The molecule has 2 N–H and O–H groups in total. The monoisotopic (exact) mass is 383 g/mol. The molecule has 0 aliphatic carbocycles. The standard InChI is InChI=1S/C19H14ClN3O4/c20-11-1-4-13(5-2-11)23-9-10(7-16(23)24)17(25)21-12-3-6-14-15(8-12)19(27)22-18(14)26/h1-6,8,10H,7,9H2,(H,21,25)(H,22,26,27). The van der Waals surface area contributed by atoms with Crippen LogP contribution in [0.3, 0.4) is 0 Å². The maximum atomic E-state index is 12.6. The molecule has 0 spiro atoms. The normalized spacial score (nSPS) is 18.5. The fourth-order valence-corrected chi connectivity index (χ4v) is 3.37. The lowest BCUT2D eigenvalue weighted by Gasteiger charge is -2.16. The number of halogens is 1. The topological polar surface area (TPSA) is 95.6 Å². The van der Waals surface area contributed by atoms with E-state index in [1.54, 1.807) is 35.2 Å². The van der Waals surface area contributed by atoms with Crippen LogP contribution in [0.5, 0.6) is 0 Å². The maximum Gasteiger partial charge on any atom is 0.259 e. The first-order chi connectivity index (χ1) is 12.9. The van der Waals surface area contributed by atoms with Crippen LogP contribution in [-0.2, 0) is 9.59 Å². The highest BCUT2D eigenvalue weighted by atomic mass is 35.5. The second kappa shape index (κ2) is 6.51. The SMILES string of the molecule is O=C1NC(=O)c2cc(NC(=O)C3CC(=O)N(c4ccc(Cl)cc4)C3)ccc21. The largest absolute Gasteiger partial charge is 0.326 e. The average molecular weight is 384 g/mol. The Labute approximate surface area is 159 Å². The van der Waals surface area contributed by atoms with Gasteiger partial charge in [0, 0.05) is 29.4 Å². The van der Waals surface area contributed by atoms with Crippen molar-refractivity contribution in [1.29, 1.82) is 0 Å². The minimum absolute atomic E-state index is 0.0956. The number of nitrogens with one attached hydrogen (secondary N) is 2. The number of benzene rings is 2. The molecule has 8 heteroatoms. The average Bonchev–Trinajstić information content (AvgIpc) is 3.16. The summed E-state index contributed by atoms with van der Waals surface area (Å²) in [7, 11) is 0. The van der Waals surface area contributed by atoms with Gasteiger partial charge in [0.05, 0.1) is 17.0 Å². The number of hydrogen-bond donors (Lipinski definition) is 2. The van der Waals surface area contributed by atoms with E-state index in [0.717, 1.165) is 0 Å². The predicted molar refractivity (Wildman–Crippen MR) is 98.8 cm³/mol. The van der Waals surface area contributed by atoms with E-state index in [1.807, 2.05) is 0 Å². The Balaban J connectivity index is 1.47. The molecule has 7 nitrogen and oxygen atoms in total. The summed E-state index contributed by atoms with van der Waals surface area (Å²) in [6.07, 6.45) is 0.0956. The zero-order valence-electron chi connectivity index (χ0n) is 14.0. The van der Waals surface area contributed by atoms with Crippen molar-refractivity contribution in [3.63, 3.8) is 0 Å². The lowest BCUT2D eigenvalue weighted by molar-refractivity contribution is -0.122. The van der Waals surface area contributed by atoms with Gasteiger partial charge in [0.25, 0.3) is 11.8 Å². The number of nitrogens with zero attached hydrogens (tertiary/aromatic N) is 1. The Bertz CT molecular complexity index is 987. The Hall–Kier alpha value is -3.19. The molecule has 2 aromatic rings. The first kappa shape index (κ1) is 17.2. The van der Waals surface area contributed by atoms with Gasteiger partial charge in [0.1, 0.15) is 0 Å². The van der Waals surface area contributed by atoms with E-state index >= 15 is 0 Å². The van der Waals surface area contributed by atoms with Crippen LogP contribution < -0.4 is 15.5 Å². The van der Waals surface area contributed by atoms with Crippen molar-refractivity contribution in [2.45, 2.75) is 6.42 Å². The zero-order valence-corrected chi connectivity index (χ0v) is 14.7. The number of imide groups is 1. The van der Waals surface area contributed by atoms with Gasteiger partial charge in [0.15, 0.2) is 0 Å². The molecule has 2 heterocycles. The van der Waals surface area contributed by atoms with Crippen molar-refractivity contribution in [1.82, 2.24) is 5.32 Å². The van der Waals surface area contributed by atoms with Crippen LogP contribution in [0.25, 0.3) is 0 Å². The minimum Gasteiger partial charge on any atom is -0.326 e. The number of carbonyl (C=O) groups excluding carboxylic acids is 4. The summed E-state index contributed by atoms with van der Waals surface area (Å²) in [5.41, 5.74) is 1.60. The van der Waals surface area contributed by atoms with Gasteiger partial charge < -0.3 is 10.2 Å². The number of amides is 4. The van der Waals surface area contributed by atoms with E-state index in [0.29, 0.717) is 16.4 Å². The first-order valence-electron chi connectivity index (χ1n) is 8.29. The molecule has 0 saturated carbocycles. The first-order valence-corrected chi connectivity index (χ1v) is 8.67. The Morgan fingerprint density at radius 2 is 1.74 bits per heavy atom. The minimum atomic E-state index is -0.517. The van der Waals surface area contributed by atoms with Gasteiger partial charge in [-0.1, -0.05) is 11.6 Å². The van der Waals surface area contributed by atoms with Crippen LogP contribution in [0.15, 0.2) is 42.5 Å². The second-order valence-corrected chi connectivity index (χ2v) is 6.85. The molecule has 2 aliphatic rings. The molecule has 0 bridgehead atoms. The number of fused-ring (bicyclic) bond motifs is 1. The van der Waals surface area contributed by atoms with E-state index in [9.17, 15) is 19.2 Å². The van der Waals surface area contributed by atoms with Crippen molar-refractivity contribution in [2.24, 2.45) is 5.92 Å². The van der Waals surface area contributed by atoms with Crippen LogP contribution in [0, 0.1) is 5.92 Å². The Morgan fingerprint density at radius 3 is 2.48 bits per heavy atom. The van der Waals surface area contributed by atoms with Gasteiger partial charge in [-0.3, -0.25) is 24.5 Å². The van der Waals surface area contributed by atoms with Crippen LogP contribution in [0.1, 0.15) is 27.1 Å². The summed E-state index contributed by atoms with van der Waals surface area (Å²) in [6.45, 7) is 0.260. The third kappa shape index (κ3) is 3.17. The van der Waals surface area contributed by atoms with E-state index < -0.39 is 17.7 Å². The van der Waals surface area contributed by atoms with Crippen molar-refractivity contribution >= 4 is 46.6 Å². The predicted octanol–water partition coefficient (Wildman–Crippen LogP) is 2.22. The van der Waals surface area contributed by atoms with Gasteiger partial charge in [-0.15, -0.1) is 0 Å². The molecular weight excluding hydrogens is 370 g/mol. The van der Waals surface area contributed by atoms with Crippen molar-refractivity contribution in [3.8, 4) is 0 Å². The number of rotatable bonds is 3. The molecule has 1 unspecified atom stereocenters. The highest BCUT2D eigenvalue weighted by Crippen LogP contribution is 2.27. The van der Waals surface area contributed by atoms with Gasteiger partial charge in [-0.05, 0) is 42.5 Å². The van der Waals surface area contributed by atoms with Crippen LogP contribution in [0.4, 0.5) is 11.4 Å². The van der Waals surface area contributed by atoms with Crippen LogP contribution in [0.2, 0.25) is 5.02 Å². The van der Waals surface area contributed by atoms with Crippen molar-refractivity contribution in [2.75, 3.05) is 16.8 Å². The Morgan fingerprint density at radius 1 is 1.04 bits per heavy atom. The fraction of sp³-hybridized carbons (Fsp3) is 0.158. The molecule has 27 heavy (non-hydrogen) atoms. The molecule has 2 aliphatic heterocycles. The van der Waals surface area contributed by atoms with Crippen molar-refractivity contribution < 1.29 is 19.2 Å². The summed E-state index contributed by atoms with van der Waals surface area (Å²) in [5.74, 6) is -1.92. The highest BCUT2D eigenvalue weighted by Gasteiger charge is 2.35. The molecule has 4 rings (SSSR count). The second-order valence-electron chi connectivity index (χ2n) is 6.41. The number of carbonyl (C=O) groups is 4. The summed E-state index contributed by atoms with van der Waals surface area (Å²) < 4.78 is 0. The molecule has 4 amide bonds. The lowest BCUT2D eigenvalue weighted by atomic mass is 10.1. The molecule has 1 fully saturated rings. The molecule has 1 saturated heterocycles. The smallest absolute Gasteiger partial charge is 0.259 e. The molecule has 136 valence electrons. The Kier molecular flexibility index (Phi) is 4.16. The zero-order chi connectivity index (χ0) is 19.1. The fourth-order valence-electron chi connectivity index (χ4n) is 3.24. The number of anilines is 2. The van der Waals surface area contributed by atoms with Gasteiger partial charge in [0.2, 0.25) is 11.8 Å². The van der Waals surface area contributed by atoms with Gasteiger partial charge in [-0.25, -0.2) is 0 Å². The molecule has 0 aromatic heterocycles.